The maximum absolute atomic E-state index is 10.2. The number of ether oxygens (including phenoxy) is 2. The lowest BCUT2D eigenvalue weighted by Gasteiger charge is -2.21. The third-order valence-corrected chi connectivity index (χ3v) is 4.84. The van der Waals surface area contributed by atoms with Crippen molar-refractivity contribution in [3.63, 3.8) is 0 Å². The second-order valence-electron chi connectivity index (χ2n) is 6.11. The molecule has 0 saturated carbocycles. The standard InChI is InChI=1S/C20H25Cl2NO3/c1-5-14-15(21)10-16(20(24)19(14)22)23-11-25-18(6-2)26-17-8-7-12(3)9-13(17)4/h7-10,18,23-24H,5-6,11H2,1-4H3. The van der Waals surface area contributed by atoms with Gasteiger partial charge in [-0.25, -0.2) is 0 Å². The van der Waals surface area contributed by atoms with E-state index in [1.807, 2.05) is 39.8 Å². The normalized spacial score (nSPS) is 12.1. The van der Waals surface area contributed by atoms with Crippen LogP contribution in [0.2, 0.25) is 10.0 Å². The Morgan fingerprint density at radius 2 is 1.88 bits per heavy atom. The van der Waals surface area contributed by atoms with Crippen molar-refractivity contribution in [2.45, 2.75) is 46.8 Å². The summed E-state index contributed by atoms with van der Waals surface area (Å²) in [4.78, 5) is 0. The van der Waals surface area contributed by atoms with Gasteiger partial charge in [-0.2, -0.15) is 0 Å². The Morgan fingerprint density at radius 1 is 1.15 bits per heavy atom. The number of aryl methyl sites for hydroxylation is 2. The van der Waals surface area contributed by atoms with Crippen molar-refractivity contribution in [2.75, 3.05) is 12.0 Å². The molecule has 1 atom stereocenters. The fraction of sp³-hybridized carbons (Fsp3) is 0.400. The van der Waals surface area contributed by atoms with Crippen LogP contribution in [-0.2, 0) is 11.2 Å². The van der Waals surface area contributed by atoms with Crippen LogP contribution < -0.4 is 10.1 Å². The molecule has 0 spiro atoms. The van der Waals surface area contributed by atoms with E-state index in [1.165, 1.54) is 5.56 Å². The number of phenolic OH excluding ortho intramolecular Hbond substituents is 1. The maximum atomic E-state index is 10.2. The van der Waals surface area contributed by atoms with Crippen molar-refractivity contribution in [2.24, 2.45) is 0 Å². The summed E-state index contributed by atoms with van der Waals surface area (Å²) in [6.45, 7) is 8.11. The van der Waals surface area contributed by atoms with E-state index in [1.54, 1.807) is 6.07 Å². The number of hydrogen-bond acceptors (Lipinski definition) is 4. The van der Waals surface area contributed by atoms with Gasteiger partial charge in [0.1, 0.15) is 12.5 Å². The number of halogens is 2. The molecule has 0 bridgehead atoms. The lowest BCUT2D eigenvalue weighted by atomic mass is 10.1. The molecule has 26 heavy (non-hydrogen) atoms. The van der Waals surface area contributed by atoms with E-state index in [2.05, 4.69) is 11.4 Å². The maximum Gasteiger partial charge on any atom is 0.201 e. The van der Waals surface area contributed by atoms with Gasteiger partial charge in [-0.1, -0.05) is 54.7 Å². The predicted octanol–water partition coefficient (Wildman–Crippen LogP) is 6.08. The van der Waals surface area contributed by atoms with E-state index in [-0.39, 0.29) is 17.5 Å². The quantitative estimate of drug-likeness (QED) is 0.418. The largest absolute Gasteiger partial charge is 0.504 e. The predicted molar refractivity (Wildman–Crippen MR) is 108 cm³/mol. The van der Waals surface area contributed by atoms with Crippen molar-refractivity contribution >= 4 is 28.9 Å². The van der Waals surface area contributed by atoms with Crippen LogP contribution in [0.3, 0.4) is 0 Å². The highest BCUT2D eigenvalue weighted by Crippen LogP contribution is 2.39. The molecule has 0 aromatic heterocycles. The van der Waals surface area contributed by atoms with Crippen LogP contribution in [0.15, 0.2) is 24.3 Å². The lowest BCUT2D eigenvalue weighted by molar-refractivity contribution is -0.0749. The molecule has 0 fully saturated rings. The summed E-state index contributed by atoms with van der Waals surface area (Å²) < 4.78 is 11.7. The number of nitrogens with one attached hydrogen (secondary N) is 1. The highest BCUT2D eigenvalue weighted by molar-refractivity contribution is 6.37. The number of phenols is 1. The number of aromatic hydroxyl groups is 1. The van der Waals surface area contributed by atoms with Crippen LogP contribution in [0.25, 0.3) is 0 Å². The Kier molecular flexibility index (Phi) is 7.44. The van der Waals surface area contributed by atoms with Crippen molar-refractivity contribution in [1.82, 2.24) is 0 Å². The molecule has 4 nitrogen and oxygen atoms in total. The Hall–Kier alpha value is -1.62. The summed E-state index contributed by atoms with van der Waals surface area (Å²) in [5, 5.41) is 14.0. The molecule has 6 heteroatoms. The van der Waals surface area contributed by atoms with Gasteiger partial charge in [0.25, 0.3) is 0 Å². The number of hydrogen-bond donors (Lipinski definition) is 2. The third-order valence-electron chi connectivity index (χ3n) is 4.09. The van der Waals surface area contributed by atoms with Gasteiger partial charge >= 0.3 is 0 Å². The fourth-order valence-corrected chi connectivity index (χ4v) is 3.35. The van der Waals surface area contributed by atoms with E-state index in [0.29, 0.717) is 23.6 Å². The number of benzene rings is 2. The average Bonchev–Trinajstić information content (AvgIpc) is 2.60. The first-order valence-corrected chi connectivity index (χ1v) is 9.42. The SMILES string of the molecule is CCc1c(Cl)cc(NCOC(CC)Oc2ccc(C)cc2C)c(O)c1Cl. The number of rotatable bonds is 8. The lowest BCUT2D eigenvalue weighted by Crippen LogP contribution is -2.23. The van der Waals surface area contributed by atoms with Gasteiger partial charge < -0.3 is 19.9 Å². The Balaban J connectivity index is 1.99. The van der Waals surface area contributed by atoms with Gasteiger partial charge in [0.15, 0.2) is 5.75 Å². The zero-order valence-corrected chi connectivity index (χ0v) is 17.0. The van der Waals surface area contributed by atoms with Crippen LogP contribution in [0, 0.1) is 13.8 Å². The zero-order chi connectivity index (χ0) is 19.3. The van der Waals surface area contributed by atoms with Crippen LogP contribution >= 0.6 is 23.2 Å². The third kappa shape index (κ3) is 4.97. The molecular weight excluding hydrogens is 373 g/mol. The molecule has 0 aliphatic carbocycles. The van der Waals surface area contributed by atoms with Crippen molar-refractivity contribution in [1.29, 1.82) is 0 Å². The van der Waals surface area contributed by atoms with Gasteiger partial charge in [-0.15, -0.1) is 0 Å². The van der Waals surface area contributed by atoms with E-state index < -0.39 is 6.29 Å². The minimum absolute atomic E-state index is 0.0279. The Morgan fingerprint density at radius 3 is 2.50 bits per heavy atom. The molecular formula is C20H25Cl2NO3. The first-order chi connectivity index (χ1) is 12.4. The molecule has 0 aliphatic rings. The molecule has 2 aromatic carbocycles. The highest BCUT2D eigenvalue weighted by atomic mass is 35.5. The first kappa shape index (κ1) is 20.7. The molecule has 2 aromatic rings. The minimum atomic E-state index is -0.410. The topological polar surface area (TPSA) is 50.7 Å². The highest BCUT2D eigenvalue weighted by Gasteiger charge is 2.15. The summed E-state index contributed by atoms with van der Waals surface area (Å²) in [6, 6.07) is 7.66. The van der Waals surface area contributed by atoms with Gasteiger partial charge in [-0.3, -0.25) is 0 Å². The molecule has 0 radical (unpaired) electrons. The van der Waals surface area contributed by atoms with Crippen LogP contribution in [-0.4, -0.2) is 18.1 Å². The first-order valence-electron chi connectivity index (χ1n) is 8.66. The molecule has 0 saturated heterocycles. The summed E-state index contributed by atoms with van der Waals surface area (Å²) in [6.07, 6.45) is 0.910. The van der Waals surface area contributed by atoms with Crippen LogP contribution in [0.1, 0.15) is 37.0 Å². The van der Waals surface area contributed by atoms with E-state index in [4.69, 9.17) is 32.7 Å². The second-order valence-corrected chi connectivity index (χ2v) is 6.90. The molecule has 142 valence electrons. The molecule has 2 rings (SSSR count). The van der Waals surface area contributed by atoms with E-state index in [9.17, 15) is 5.11 Å². The number of anilines is 1. The van der Waals surface area contributed by atoms with E-state index >= 15 is 0 Å². The monoisotopic (exact) mass is 397 g/mol. The van der Waals surface area contributed by atoms with Gasteiger partial charge in [0.05, 0.1) is 10.7 Å². The van der Waals surface area contributed by atoms with Gasteiger partial charge in [0, 0.05) is 11.4 Å². The smallest absolute Gasteiger partial charge is 0.201 e. The molecule has 1 unspecified atom stereocenters. The zero-order valence-electron chi connectivity index (χ0n) is 15.5. The van der Waals surface area contributed by atoms with E-state index in [0.717, 1.165) is 16.9 Å². The van der Waals surface area contributed by atoms with Crippen molar-refractivity contribution < 1.29 is 14.6 Å². The average molecular weight is 398 g/mol. The summed E-state index contributed by atoms with van der Waals surface area (Å²) in [5.74, 6) is 0.767. The second kappa shape index (κ2) is 9.36. The molecule has 2 N–H and O–H groups in total. The minimum Gasteiger partial charge on any atom is -0.504 e. The Bertz CT molecular complexity index is 765. The van der Waals surface area contributed by atoms with Crippen molar-refractivity contribution in [3.8, 4) is 11.5 Å². The molecule has 0 aliphatic heterocycles. The molecule has 0 amide bonds. The van der Waals surface area contributed by atoms with Crippen LogP contribution in [0.5, 0.6) is 11.5 Å². The van der Waals surface area contributed by atoms with Crippen LogP contribution in [0.4, 0.5) is 5.69 Å². The summed E-state index contributed by atoms with van der Waals surface area (Å²) in [7, 11) is 0. The summed E-state index contributed by atoms with van der Waals surface area (Å²) in [5.41, 5.74) is 3.40. The molecule has 0 heterocycles. The Labute approximate surface area is 165 Å². The summed E-state index contributed by atoms with van der Waals surface area (Å²) >= 11 is 12.4. The van der Waals surface area contributed by atoms with Gasteiger partial charge in [0.2, 0.25) is 6.29 Å². The van der Waals surface area contributed by atoms with Gasteiger partial charge in [-0.05, 0) is 43.5 Å². The fourth-order valence-electron chi connectivity index (χ4n) is 2.63. The van der Waals surface area contributed by atoms with Crippen molar-refractivity contribution in [3.05, 3.63) is 51.0 Å².